The van der Waals surface area contributed by atoms with E-state index in [-0.39, 0.29) is 11.9 Å². The molecule has 2 aromatic carbocycles. The second-order valence-corrected chi connectivity index (χ2v) is 10.8. The van der Waals surface area contributed by atoms with Crippen LogP contribution in [0.4, 0.5) is 22.0 Å². The first kappa shape index (κ1) is 28.3. The Morgan fingerprint density at radius 1 is 1.00 bits per heavy atom. The van der Waals surface area contributed by atoms with Crippen LogP contribution in [0.5, 0.6) is 0 Å². The Balaban J connectivity index is 1.24. The normalized spacial score (nSPS) is 17.4. The molecule has 9 heteroatoms. The molecule has 1 fully saturated rings. The zero-order valence-electron chi connectivity index (χ0n) is 24.2. The molecule has 1 aliphatic rings. The summed E-state index contributed by atoms with van der Waals surface area (Å²) >= 11 is 0. The van der Waals surface area contributed by atoms with Gasteiger partial charge < -0.3 is 20.9 Å². The van der Waals surface area contributed by atoms with E-state index in [0.717, 1.165) is 48.3 Å². The predicted molar refractivity (Wildman–Crippen MR) is 165 cm³/mol. The van der Waals surface area contributed by atoms with Crippen molar-refractivity contribution in [2.45, 2.75) is 39.3 Å². The van der Waals surface area contributed by atoms with Gasteiger partial charge in [0.15, 0.2) is 0 Å². The number of pyridine rings is 1. The number of benzene rings is 2. The molecule has 0 radical (unpaired) electrons. The molecule has 5 rings (SSSR count). The molecule has 0 bridgehead atoms. The smallest absolute Gasteiger partial charge is 0.325 e. The fourth-order valence-electron chi connectivity index (χ4n) is 5.69. The Bertz CT molecular complexity index is 1500. The highest BCUT2D eigenvalue weighted by molar-refractivity contribution is 6.04. The van der Waals surface area contributed by atoms with E-state index >= 15 is 0 Å². The summed E-state index contributed by atoms with van der Waals surface area (Å²) in [6.45, 7) is 10.4. The van der Waals surface area contributed by atoms with Crippen molar-refractivity contribution in [1.82, 2.24) is 25.1 Å². The molecule has 0 saturated carbocycles. The molecule has 41 heavy (non-hydrogen) atoms. The van der Waals surface area contributed by atoms with E-state index in [0.29, 0.717) is 30.0 Å². The SMILES string of the molecule is CCN(c1ccnc(NC(=O)c2ccc(CCN3C[C@@H](C)N[C@@H](C)C3)cc2)c1)c1ccc2c(ccn2C(=O)NC)c1. The van der Waals surface area contributed by atoms with Crippen LogP contribution in [0.25, 0.3) is 10.9 Å². The highest BCUT2D eigenvalue weighted by Gasteiger charge is 2.20. The first-order valence-corrected chi connectivity index (χ1v) is 14.3. The van der Waals surface area contributed by atoms with Crippen molar-refractivity contribution in [3.63, 3.8) is 0 Å². The van der Waals surface area contributed by atoms with Crippen LogP contribution in [0.2, 0.25) is 0 Å². The maximum atomic E-state index is 13.0. The van der Waals surface area contributed by atoms with Crippen LogP contribution in [-0.2, 0) is 6.42 Å². The summed E-state index contributed by atoms with van der Waals surface area (Å²) in [4.78, 5) is 34.2. The van der Waals surface area contributed by atoms with Crippen LogP contribution in [0, 0.1) is 0 Å². The van der Waals surface area contributed by atoms with Crippen molar-refractivity contribution in [1.29, 1.82) is 0 Å². The van der Waals surface area contributed by atoms with Crippen LogP contribution < -0.4 is 20.9 Å². The number of carbonyl (C=O) groups excluding carboxylic acids is 2. The number of nitrogens with zero attached hydrogens (tertiary/aromatic N) is 4. The predicted octanol–water partition coefficient (Wildman–Crippen LogP) is 4.86. The van der Waals surface area contributed by atoms with Crippen molar-refractivity contribution in [3.8, 4) is 0 Å². The molecule has 0 unspecified atom stereocenters. The van der Waals surface area contributed by atoms with Gasteiger partial charge in [0.2, 0.25) is 0 Å². The lowest BCUT2D eigenvalue weighted by Gasteiger charge is -2.36. The lowest BCUT2D eigenvalue weighted by Crippen LogP contribution is -2.54. The molecule has 1 aliphatic heterocycles. The van der Waals surface area contributed by atoms with Gasteiger partial charge in [-0.25, -0.2) is 9.78 Å². The van der Waals surface area contributed by atoms with Gasteiger partial charge in [-0.3, -0.25) is 14.3 Å². The molecule has 4 aromatic rings. The quantitative estimate of drug-likeness (QED) is 0.289. The molecule has 3 N–H and O–H groups in total. The van der Waals surface area contributed by atoms with E-state index in [1.54, 1.807) is 24.0 Å². The second-order valence-electron chi connectivity index (χ2n) is 10.8. The highest BCUT2D eigenvalue weighted by atomic mass is 16.2. The Morgan fingerprint density at radius 3 is 2.44 bits per heavy atom. The summed E-state index contributed by atoms with van der Waals surface area (Å²) in [7, 11) is 1.62. The number of rotatable bonds is 8. The van der Waals surface area contributed by atoms with E-state index in [9.17, 15) is 9.59 Å². The second kappa shape index (κ2) is 12.5. The van der Waals surface area contributed by atoms with Gasteiger partial charge in [-0.2, -0.15) is 0 Å². The fourth-order valence-corrected chi connectivity index (χ4v) is 5.69. The molecule has 2 amide bonds. The van der Waals surface area contributed by atoms with Gasteiger partial charge in [0.1, 0.15) is 5.82 Å². The first-order valence-electron chi connectivity index (χ1n) is 14.3. The summed E-state index contributed by atoms with van der Waals surface area (Å²) in [5, 5.41) is 10.2. The lowest BCUT2D eigenvalue weighted by molar-refractivity contribution is 0.102. The van der Waals surface area contributed by atoms with Gasteiger partial charge in [0, 0.05) is 86.1 Å². The van der Waals surface area contributed by atoms with Gasteiger partial charge in [0.25, 0.3) is 5.91 Å². The molecule has 9 nitrogen and oxygen atoms in total. The number of fused-ring (bicyclic) bond motifs is 1. The third-order valence-electron chi connectivity index (χ3n) is 7.60. The van der Waals surface area contributed by atoms with Crippen molar-refractivity contribution in [3.05, 3.63) is 84.2 Å². The zero-order chi connectivity index (χ0) is 28.9. The topological polar surface area (TPSA) is 94.5 Å². The van der Waals surface area contributed by atoms with Crippen molar-refractivity contribution < 1.29 is 9.59 Å². The Morgan fingerprint density at radius 2 is 1.73 bits per heavy atom. The number of piperazine rings is 1. The summed E-state index contributed by atoms with van der Waals surface area (Å²) in [6, 6.07) is 20.4. The minimum absolute atomic E-state index is 0.177. The molecule has 0 spiro atoms. The zero-order valence-corrected chi connectivity index (χ0v) is 24.2. The molecule has 2 atom stereocenters. The summed E-state index contributed by atoms with van der Waals surface area (Å²) in [5.41, 5.74) is 4.56. The average molecular weight is 554 g/mol. The Labute approximate surface area is 241 Å². The Hall–Kier alpha value is -4.21. The van der Waals surface area contributed by atoms with Crippen LogP contribution in [0.1, 0.15) is 36.7 Å². The van der Waals surface area contributed by atoms with Crippen LogP contribution in [-0.4, -0.2) is 71.7 Å². The van der Waals surface area contributed by atoms with Gasteiger partial charge in [0.05, 0.1) is 5.52 Å². The van der Waals surface area contributed by atoms with E-state index in [4.69, 9.17) is 0 Å². The third kappa shape index (κ3) is 6.58. The number of hydrogen-bond acceptors (Lipinski definition) is 6. The molecule has 2 aromatic heterocycles. The average Bonchev–Trinajstić information content (AvgIpc) is 3.39. The molecular formula is C32H39N7O2. The lowest BCUT2D eigenvalue weighted by atomic mass is 10.1. The highest BCUT2D eigenvalue weighted by Crippen LogP contribution is 2.30. The van der Waals surface area contributed by atoms with E-state index in [1.807, 2.05) is 54.6 Å². The largest absolute Gasteiger partial charge is 0.342 e. The van der Waals surface area contributed by atoms with E-state index < -0.39 is 0 Å². The van der Waals surface area contributed by atoms with Gasteiger partial charge >= 0.3 is 6.03 Å². The monoisotopic (exact) mass is 553 g/mol. The van der Waals surface area contributed by atoms with Gasteiger partial charge in [-0.1, -0.05) is 12.1 Å². The van der Waals surface area contributed by atoms with Crippen molar-refractivity contribution in [2.24, 2.45) is 0 Å². The number of hydrogen-bond donors (Lipinski definition) is 3. The third-order valence-corrected chi connectivity index (χ3v) is 7.60. The number of amides is 2. The van der Waals surface area contributed by atoms with Gasteiger partial charge in [-0.05, 0) is 75.2 Å². The summed E-state index contributed by atoms with van der Waals surface area (Å²) in [6.07, 6.45) is 4.43. The minimum Gasteiger partial charge on any atom is -0.342 e. The molecular weight excluding hydrogens is 514 g/mol. The number of anilines is 3. The van der Waals surface area contributed by atoms with Crippen molar-refractivity contribution >= 4 is 40.0 Å². The maximum Gasteiger partial charge on any atom is 0.325 e. The maximum absolute atomic E-state index is 13.0. The van der Waals surface area contributed by atoms with E-state index in [1.165, 1.54) is 5.56 Å². The molecule has 3 heterocycles. The summed E-state index contributed by atoms with van der Waals surface area (Å²) in [5.74, 6) is 0.301. The molecule has 0 aliphatic carbocycles. The van der Waals surface area contributed by atoms with Crippen LogP contribution in [0.3, 0.4) is 0 Å². The Kier molecular flexibility index (Phi) is 8.66. The first-order chi connectivity index (χ1) is 19.8. The minimum atomic E-state index is -0.189. The van der Waals surface area contributed by atoms with Crippen LogP contribution in [0.15, 0.2) is 73.1 Å². The van der Waals surface area contributed by atoms with E-state index in [2.05, 4.69) is 57.6 Å². The number of carbonyl (C=O) groups is 2. The fraction of sp³-hybridized carbons (Fsp3) is 0.344. The molecule has 214 valence electrons. The van der Waals surface area contributed by atoms with Gasteiger partial charge in [-0.15, -0.1) is 0 Å². The number of nitrogens with one attached hydrogen (secondary N) is 3. The standard InChI is InChI=1S/C32H39N7O2/c1-5-38(27-10-11-29-26(18-27)14-17-39(29)32(41)33-4)28-12-15-34-30(19-28)36-31(40)25-8-6-24(7-9-25)13-16-37-20-22(2)35-23(3)21-37/h6-12,14-15,17-19,22-23,35H,5,13,16,20-21H2,1-4H3,(H,33,41)(H,34,36,40)/t22-,23+. The van der Waals surface area contributed by atoms with Crippen molar-refractivity contribution in [2.75, 3.05) is 43.4 Å². The summed E-state index contributed by atoms with van der Waals surface area (Å²) < 4.78 is 1.59. The molecule has 1 saturated heterocycles. The number of aromatic nitrogens is 2. The van der Waals surface area contributed by atoms with Crippen LogP contribution >= 0.6 is 0 Å².